The molecule has 6 nitrogen and oxygen atoms in total. The quantitative estimate of drug-likeness (QED) is 0.343. The molecule has 0 aromatic heterocycles. The molecule has 1 aromatic carbocycles. The van der Waals surface area contributed by atoms with Gasteiger partial charge in [0.15, 0.2) is 5.96 Å². The first-order chi connectivity index (χ1) is 12.2. The maximum absolute atomic E-state index is 5.81. The van der Waals surface area contributed by atoms with E-state index in [4.69, 9.17) is 9.47 Å². The van der Waals surface area contributed by atoms with Gasteiger partial charge in [-0.3, -0.25) is 0 Å². The number of nitrogens with zero attached hydrogens (tertiary/aromatic N) is 2. The minimum absolute atomic E-state index is 0.627. The van der Waals surface area contributed by atoms with E-state index in [1.165, 1.54) is 0 Å². The summed E-state index contributed by atoms with van der Waals surface area (Å²) in [5, 5.41) is 6.46. The molecule has 0 bridgehead atoms. The minimum Gasteiger partial charge on any atom is -0.492 e. The number of aliphatic imine (C=N–C) groups is 1. The van der Waals surface area contributed by atoms with Crippen molar-refractivity contribution in [3.8, 4) is 5.75 Å². The van der Waals surface area contributed by atoms with E-state index in [9.17, 15) is 0 Å². The summed E-state index contributed by atoms with van der Waals surface area (Å²) < 4.78 is 10.9. The second-order valence-electron chi connectivity index (χ2n) is 5.63. The molecule has 1 rings (SSSR count). The van der Waals surface area contributed by atoms with Crippen molar-refractivity contribution in [2.45, 2.75) is 27.3 Å². The van der Waals surface area contributed by atoms with E-state index < -0.39 is 0 Å². The summed E-state index contributed by atoms with van der Waals surface area (Å²) in [6.45, 7) is 13.0. The highest BCUT2D eigenvalue weighted by atomic mass is 16.5. The van der Waals surface area contributed by atoms with Gasteiger partial charge in [0.1, 0.15) is 12.4 Å². The Morgan fingerprint density at radius 3 is 2.36 bits per heavy atom. The summed E-state index contributed by atoms with van der Waals surface area (Å²) in [7, 11) is 1.69. The fourth-order valence-corrected chi connectivity index (χ4v) is 2.31. The van der Waals surface area contributed by atoms with E-state index in [-0.39, 0.29) is 0 Å². The molecule has 25 heavy (non-hydrogen) atoms. The predicted octanol–water partition coefficient (Wildman–Crippen LogP) is 2.11. The molecule has 1 aromatic rings. The Morgan fingerprint density at radius 2 is 1.76 bits per heavy atom. The van der Waals surface area contributed by atoms with Crippen molar-refractivity contribution in [3.05, 3.63) is 29.8 Å². The third-order valence-corrected chi connectivity index (χ3v) is 3.86. The summed E-state index contributed by atoms with van der Waals surface area (Å²) in [4.78, 5) is 6.93. The molecule has 0 heterocycles. The lowest BCUT2D eigenvalue weighted by Gasteiger charge is -2.18. The van der Waals surface area contributed by atoms with Crippen LogP contribution in [0.3, 0.4) is 0 Å². The first-order valence-corrected chi connectivity index (χ1v) is 9.18. The van der Waals surface area contributed by atoms with E-state index >= 15 is 0 Å². The van der Waals surface area contributed by atoms with E-state index in [1.807, 2.05) is 12.1 Å². The molecule has 0 aliphatic rings. The molecule has 6 heteroatoms. The van der Waals surface area contributed by atoms with Crippen molar-refractivity contribution < 1.29 is 9.47 Å². The number of hydrogen-bond donors (Lipinski definition) is 2. The maximum Gasteiger partial charge on any atom is 0.191 e. The zero-order chi connectivity index (χ0) is 18.3. The standard InChI is InChI=1S/C19H34N4O2/c1-5-20-19(21-12-14-24-4)22-16-17-8-10-18(11-9-17)25-15-13-23(6-2)7-3/h8-11H,5-7,12-16H2,1-4H3,(H2,20,21,22). The molecule has 0 fully saturated rings. The number of rotatable bonds is 12. The molecule has 0 aliphatic carbocycles. The van der Waals surface area contributed by atoms with Crippen LogP contribution in [-0.2, 0) is 11.3 Å². The van der Waals surface area contributed by atoms with Crippen molar-refractivity contribution in [2.24, 2.45) is 4.99 Å². The molecule has 0 aliphatic heterocycles. The Bertz CT molecular complexity index is 473. The fourth-order valence-electron chi connectivity index (χ4n) is 2.31. The number of hydrogen-bond acceptors (Lipinski definition) is 4. The highest BCUT2D eigenvalue weighted by Gasteiger charge is 2.01. The Morgan fingerprint density at radius 1 is 1.04 bits per heavy atom. The molecule has 0 spiro atoms. The van der Waals surface area contributed by atoms with Crippen LogP contribution in [0.2, 0.25) is 0 Å². The van der Waals surface area contributed by atoms with Crippen LogP contribution >= 0.6 is 0 Å². The highest BCUT2D eigenvalue weighted by molar-refractivity contribution is 5.79. The van der Waals surface area contributed by atoms with Crippen LogP contribution in [0.4, 0.5) is 0 Å². The lowest BCUT2D eigenvalue weighted by Crippen LogP contribution is -2.38. The monoisotopic (exact) mass is 350 g/mol. The van der Waals surface area contributed by atoms with Crippen LogP contribution in [-0.4, -0.2) is 63.9 Å². The number of ether oxygens (including phenoxy) is 2. The van der Waals surface area contributed by atoms with E-state index in [0.717, 1.165) is 50.0 Å². The van der Waals surface area contributed by atoms with Crippen molar-refractivity contribution in [1.82, 2.24) is 15.5 Å². The van der Waals surface area contributed by atoms with Gasteiger partial charge in [0.05, 0.1) is 13.2 Å². The molecule has 0 radical (unpaired) electrons. The fraction of sp³-hybridized carbons (Fsp3) is 0.632. The topological polar surface area (TPSA) is 58.1 Å². The van der Waals surface area contributed by atoms with Crippen LogP contribution in [0.25, 0.3) is 0 Å². The normalized spacial score (nSPS) is 11.6. The van der Waals surface area contributed by atoms with Gasteiger partial charge in [-0.1, -0.05) is 26.0 Å². The van der Waals surface area contributed by atoms with E-state index in [1.54, 1.807) is 7.11 Å². The lowest BCUT2D eigenvalue weighted by atomic mass is 10.2. The van der Waals surface area contributed by atoms with Gasteiger partial charge in [0.25, 0.3) is 0 Å². The number of methoxy groups -OCH3 is 1. The van der Waals surface area contributed by atoms with Gasteiger partial charge in [-0.25, -0.2) is 4.99 Å². The average Bonchev–Trinajstić information content (AvgIpc) is 2.64. The summed E-state index contributed by atoms with van der Waals surface area (Å²) in [5.74, 6) is 1.71. The molecule has 2 N–H and O–H groups in total. The smallest absolute Gasteiger partial charge is 0.191 e. The Labute approximate surface area is 152 Å². The third kappa shape index (κ3) is 9.31. The minimum atomic E-state index is 0.627. The maximum atomic E-state index is 5.81. The van der Waals surface area contributed by atoms with Gasteiger partial charge >= 0.3 is 0 Å². The molecule has 0 saturated carbocycles. The average molecular weight is 351 g/mol. The second kappa shape index (κ2) is 13.5. The van der Waals surface area contributed by atoms with Crippen LogP contribution in [0.15, 0.2) is 29.3 Å². The van der Waals surface area contributed by atoms with Gasteiger partial charge < -0.3 is 25.0 Å². The molecular formula is C19H34N4O2. The van der Waals surface area contributed by atoms with Crippen LogP contribution < -0.4 is 15.4 Å². The van der Waals surface area contributed by atoms with Gasteiger partial charge in [0, 0.05) is 26.7 Å². The first kappa shape index (κ1) is 21.3. The van der Waals surface area contributed by atoms with Gasteiger partial charge in [0.2, 0.25) is 0 Å². The summed E-state index contributed by atoms with van der Waals surface area (Å²) in [6.07, 6.45) is 0. The Hall–Kier alpha value is -1.79. The summed E-state index contributed by atoms with van der Waals surface area (Å²) in [5.41, 5.74) is 1.15. The number of guanidine groups is 1. The highest BCUT2D eigenvalue weighted by Crippen LogP contribution is 2.12. The Kier molecular flexibility index (Phi) is 11.5. The first-order valence-electron chi connectivity index (χ1n) is 9.18. The van der Waals surface area contributed by atoms with E-state index in [0.29, 0.717) is 19.8 Å². The predicted molar refractivity (Wildman–Crippen MR) is 104 cm³/mol. The van der Waals surface area contributed by atoms with Crippen molar-refractivity contribution >= 4 is 5.96 Å². The molecular weight excluding hydrogens is 316 g/mol. The molecule has 0 amide bonds. The molecule has 0 atom stereocenters. The lowest BCUT2D eigenvalue weighted by molar-refractivity contribution is 0.203. The van der Waals surface area contributed by atoms with Crippen LogP contribution in [0.5, 0.6) is 5.75 Å². The SMILES string of the molecule is CCNC(=NCc1ccc(OCCN(CC)CC)cc1)NCCOC. The van der Waals surface area contributed by atoms with Crippen LogP contribution in [0, 0.1) is 0 Å². The van der Waals surface area contributed by atoms with Gasteiger partial charge in [-0.15, -0.1) is 0 Å². The van der Waals surface area contributed by atoms with Gasteiger partial charge in [-0.05, 0) is 37.7 Å². The summed E-state index contributed by atoms with van der Waals surface area (Å²) >= 11 is 0. The second-order valence-corrected chi connectivity index (χ2v) is 5.63. The Balaban J connectivity index is 2.44. The number of benzene rings is 1. The summed E-state index contributed by atoms with van der Waals surface area (Å²) in [6, 6.07) is 8.15. The largest absolute Gasteiger partial charge is 0.492 e. The zero-order valence-corrected chi connectivity index (χ0v) is 16.2. The third-order valence-electron chi connectivity index (χ3n) is 3.86. The van der Waals surface area contributed by atoms with E-state index in [2.05, 4.69) is 53.4 Å². The van der Waals surface area contributed by atoms with Crippen molar-refractivity contribution in [1.29, 1.82) is 0 Å². The van der Waals surface area contributed by atoms with Gasteiger partial charge in [-0.2, -0.15) is 0 Å². The number of nitrogens with one attached hydrogen (secondary N) is 2. The van der Waals surface area contributed by atoms with Crippen molar-refractivity contribution in [3.63, 3.8) is 0 Å². The molecule has 0 saturated heterocycles. The molecule has 142 valence electrons. The van der Waals surface area contributed by atoms with Crippen molar-refractivity contribution in [2.75, 3.05) is 53.0 Å². The van der Waals surface area contributed by atoms with Crippen LogP contribution in [0.1, 0.15) is 26.3 Å². The zero-order valence-electron chi connectivity index (χ0n) is 16.2. The number of likely N-dealkylation sites (N-methyl/N-ethyl adjacent to an activating group) is 1. The molecule has 0 unspecified atom stereocenters.